The normalized spacial score (nSPS) is 26.2. The van der Waals surface area contributed by atoms with Gasteiger partial charge in [-0.3, -0.25) is 4.79 Å². The molecule has 20 heavy (non-hydrogen) atoms. The number of halogens is 2. The predicted octanol–water partition coefficient (Wildman–Crippen LogP) is 4.65. The van der Waals surface area contributed by atoms with Crippen molar-refractivity contribution in [3.05, 3.63) is 33.8 Å². The number of carbonyl (C=O) groups excluding carboxylic acids is 1. The van der Waals surface area contributed by atoms with E-state index in [0.717, 1.165) is 25.4 Å². The molecule has 1 saturated carbocycles. The number of nitrogens with zero attached hydrogens (tertiary/aromatic N) is 1. The third-order valence-electron chi connectivity index (χ3n) is 4.74. The minimum atomic E-state index is 0.0516. The topological polar surface area (TPSA) is 20.3 Å². The summed E-state index contributed by atoms with van der Waals surface area (Å²) < 4.78 is 0. The Balaban J connectivity index is 1.74. The van der Waals surface area contributed by atoms with Crippen molar-refractivity contribution >= 4 is 29.1 Å². The number of hydrogen-bond acceptors (Lipinski definition) is 1. The molecule has 1 heterocycles. The summed E-state index contributed by atoms with van der Waals surface area (Å²) in [4.78, 5) is 14.6. The number of hydrogen-bond donors (Lipinski definition) is 0. The molecule has 1 saturated heterocycles. The summed E-state index contributed by atoms with van der Waals surface area (Å²) in [6, 6.07) is 5.11. The summed E-state index contributed by atoms with van der Waals surface area (Å²) in [5.41, 5.74) is 0.574. The summed E-state index contributed by atoms with van der Waals surface area (Å²) >= 11 is 12.0. The first-order valence-corrected chi connectivity index (χ1v) is 8.15. The van der Waals surface area contributed by atoms with Gasteiger partial charge in [0, 0.05) is 18.1 Å². The van der Waals surface area contributed by atoms with Crippen molar-refractivity contribution in [1.82, 2.24) is 4.90 Å². The van der Waals surface area contributed by atoms with E-state index >= 15 is 0 Å². The highest BCUT2D eigenvalue weighted by molar-refractivity contribution is 6.36. The fourth-order valence-electron chi connectivity index (χ4n) is 3.62. The van der Waals surface area contributed by atoms with Crippen molar-refractivity contribution in [2.75, 3.05) is 13.1 Å². The number of fused-ring (bicyclic) bond motifs is 1. The largest absolute Gasteiger partial charge is 0.338 e. The van der Waals surface area contributed by atoms with Crippen LogP contribution in [0.1, 0.15) is 42.5 Å². The van der Waals surface area contributed by atoms with Gasteiger partial charge in [0.05, 0.1) is 10.6 Å². The van der Waals surface area contributed by atoms with Crippen LogP contribution in [0.2, 0.25) is 10.0 Å². The minimum Gasteiger partial charge on any atom is -0.338 e. The molecule has 1 amide bonds. The van der Waals surface area contributed by atoms with E-state index in [1.165, 1.54) is 25.7 Å². The van der Waals surface area contributed by atoms with E-state index in [4.69, 9.17) is 23.2 Å². The van der Waals surface area contributed by atoms with Crippen LogP contribution in [-0.4, -0.2) is 23.9 Å². The van der Waals surface area contributed by atoms with Gasteiger partial charge >= 0.3 is 0 Å². The van der Waals surface area contributed by atoms with Crippen LogP contribution in [0.25, 0.3) is 0 Å². The number of rotatable bonds is 1. The molecule has 1 aliphatic carbocycles. The highest BCUT2D eigenvalue weighted by Crippen LogP contribution is 2.36. The van der Waals surface area contributed by atoms with Gasteiger partial charge in [0.2, 0.25) is 0 Å². The molecule has 0 unspecified atom stereocenters. The Morgan fingerprint density at radius 1 is 1.10 bits per heavy atom. The molecule has 0 aromatic heterocycles. The molecule has 108 valence electrons. The lowest BCUT2D eigenvalue weighted by atomic mass is 9.75. The Labute approximate surface area is 130 Å². The Morgan fingerprint density at radius 2 is 1.85 bits per heavy atom. The van der Waals surface area contributed by atoms with Gasteiger partial charge in [-0.1, -0.05) is 42.5 Å². The van der Waals surface area contributed by atoms with Crippen LogP contribution in [0.15, 0.2) is 18.2 Å². The molecule has 2 fully saturated rings. The van der Waals surface area contributed by atoms with Crippen molar-refractivity contribution in [1.29, 1.82) is 0 Å². The summed E-state index contributed by atoms with van der Waals surface area (Å²) in [5, 5.41) is 1.02. The van der Waals surface area contributed by atoms with E-state index in [1.54, 1.807) is 18.2 Å². The maximum atomic E-state index is 12.6. The van der Waals surface area contributed by atoms with Crippen LogP contribution >= 0.6 is 23.2 Å². The van der Waals surface area contributed by atoms with Crippen molar-refractivity contribution in [2.45, 2.75) is 32.1 Å². The lowest BCUT2D eigenvalue weighted by Gasteiger charge is -2.41. The third-order valence-corrected chi connectivity index (χ3v) is 5.29. The number of benzene rings is 1. The molecule has 0 spiro atoms. The number of likely N-dealkylation sites (tertiary alicyclic amines) is 1. The van der Waals surface area contributed by atoms with E-state index in [1.807, 2.05) is 4.90 Å². The lowest BCUT2D eigenvalue weighted by molar-refractivity contribution is 0.0521. The summed E-state index contributed by atoms with van der Waals surface area (Å²) in [5.74, 6) is 1.57. The summed E-state index contributed by atoms with van der Waals surface area (Å²) in [7, 11) is 0. The second kappa shape index (κ2) is 5.95. The molecule has 2 nitrogen and oxygen atoms in total. The van der Waals surface area contributed by atoms with Gasteiger partial charge in [0.1, 0.15) is 0 Å². The maximum Gasteiger partial charge on any atom is 0.255 e. The van der Waals surface area contributed by atoms with Gasteiger partial charge in [-0.2, -0.15) is 0 Å². The molecule has 1 aromatic rings. The monoisotopic (exact) mass is 311 g/mol. The van der Waals surface area contributed by atoms with Gasteiger partial charge in [0.15, 0.2) is 0 Å². The van der Waals surface area contributed by atoms with Gasteiger partial charge < -0.3 is 4.90 Å². The van der Waals surface area contributed by atoms with Crippen LogP contribution in [-0.2, 0) is 0 Å². The van der Waals surface area contributed by atoms with Gasteiger partial charge in [0.25, 0.3) is 5.91 Å². The molecule has 4 heteroatoms. The van der Waals surface area contributed by atoms with E-state index in [0.29, 0.717) is 21.5 Å². The standard InChI is InChI=1S/C16H19Cl2NO/c17-13-5-6-14(15(18)9-13)16(20)19-8-7-11-3-1-2-4-12(11)10-19/h5-6,9,11-12H,1-4,7-8,10H2/t11-,12+/m0/s1. The number of amides is 1. The first-order valence-electron chi connectivity index (χ1n) is 7.39. The second-order valence-electron chi connectivity index (χ2n) is 5.97. The zero-order chi connectivity index (χ0) is 14.1. The van der Waals surface area contributed by atoms with Crippen LogP contribution in [0.5, 0.6) is 0 Å². The van der Waals surface area contributed by atoms with Crippen LogP contribution in [0.4, 0.5) is 0 Å². The molecular formula is C16H19Cl2NO. The predicted molar refractivity (Wildman–Crippen MR) is 82.4 cm³/mol. The second-order valence-corrected chi connectivity index (χ2v) is 6.81. The fraction of sp³-hybridized carbons (Fsp3) is 0.562. The zero-order valence-electron chi connectivity index (χ0n) is 11.4. The molecule has 0 bridgehead atoms. The van der Waals surface area contributed by atoms with Gasteiger partial charge in [-0.15, -0.1) is 0 Å². The Hall–Kier alpha value is -0.730. The SMILES string of the molecule is O=C(c1ccc(Cl)cc1Cl)N1CC[C@@H]2CCCC[C@@H]2C1. The quantitative estimate of drug-likeness (QED) is 0.739. The number of piperidine rings is 1. The average Bonchev–Trinajstić information content (AvgIpc) is 2.46. The van der Waals surface area contributed by atoms with Gasteiger partial charge in [-0.05, 0) is 42.9 Å². The number of carbonyl (C=O) groups is 1. The molecule has 2 atom stereocenters. The van der Waals surface area contributed by atoms with E-state index in [9.17, 15) is 4.79 Å². The van der Waals surface area contributed by atoms with E-state index in [-0.39, 0.29) is 5.91 Å². The highest BCUT2D eigenvalue weighted by Gasteiger charge is 2.33. The maximum absolute atomic E-state index is 12.6. The first kappa shape index (κ1) is 14.2. The molecular weight excluding hydrogens is 293 g/mol. The fourth-order valence-corrected chi connectivity index (χ4v) is 4.11. The van der Waals surface area contributed by atoms with Gasteiger partial charge in [-0.25, -0.2) is 0 Å². The smallest absolute Gasteiger partial charge is 0.255 e. The Morgan fingerprint density at radius 3 is 2.60 bits per heavy atom. The lowest BCUT2D eigenvalue weighted by Crippen LogP contribution is -2.44. The summed E-state index contributed by atoms with van der Waals surface area (Å²) in [6.07, 6.45) is 6.42. The summed E-state index contributed by atoms with van der Waals surface area (Å²) in [6.45, 7) is 1.75. The van der Waals surface area contributed by atoms with E-state index < -0.39 is 0 Å². The Kier molecular flexibility index (Phi) is 4.23. The molecule has 0 radical (unpaired) electrons. The van der Waals surface area contributed by atoms with Crippen molar-refractivity contribution in [2.24, 2.45) is 11.8 Å². The third kappa shape index (κ3) is 2.82. The molecule has 0 N–H and O–H groups in total. The Bertz CT molecular complexity index is 517. The molecule has 1 aliphatic heterocycles. The van der Waals surface area contributed by atoms with Crippen LogP contribution in [0.3, 0.4) is 0 Å². The van der Waals surface area contributed by atoms with Crippen molar-refractivity contribution in [3.8, 4) is 0 Å². The van der Waals surface area contributed by atoms with Crippen LogP contribution in [0, 0.1) is 11.8 Å². The molecule has 2 aliphatic rings. The molecule has 3 rings (SSSR count). The first-order chi connectivity index (χ1) is 9.65. The van der Waals surface area contributed by atoms with Crippen molar-refractivity contribution in [3.63, 3.8) is 0 Å². The van der Waals surface area contributed by atoms with E-state index in [2.05, 4.69) is 0 Å². The average molecular weight is 312 g/mol. The minimum absolute atomic E-state index is 0.0516. The molecule has 1 aromatic carbocycles. The van der Waals surface area contributed by atoms with Crippen LogP contribution < -0.4 is 0 Å². The zero-order valence-corrected chi connectivity index (χ0v) is 13.0. The van der Waals surface area contributed by atoms with Crippen molar-refractivity contribution < 1.29 is 4.79 Å². The highest BCUT2D eigenvalue weighted by atomic mass is 35.5.